The molecule has 0 saturated carbocycles. The van der Waals surface area contributed by atoms with Crippen LogP contribution in [0.2, 0.25) is 0 Å². The fourth-order valence-electron chi connectivity index (χ4n) is 4.15. The Hall–Kier alpha value is -3.92. The van der Waals surface area contributed by atoms with E-state index in [0.717, 1.165) is 39.2 Å². The number of aromatic amines is 1. The maximum atomic E-state index is 14.2. The Morgan fingerprint density at radius 2 is 1.48 bits per heavy atom. The summed E-state index contributed by atoms with van der Waals surface area (Å²) in [5, 5.41) is 0. The predicted molar refractivity (Wildman–Crippen MR) is 135 cm³/mol. The van der Waals surface area contributed by atoms with Gasteiger partial charge in [0.05, 0.1) is 12.2 Å². The first kappa shape index (κ1) is 22.3. The van der Waals surface area contributed by atoms with Gasteiger partial charge < -0.3 is 9.88 Å². The van der Waals surface area contributed by atoms with Crippen molar-refractivity contribution >= 4 is 11.6 Å². The van der Waals surface area contributed by atoms with Gasteiger partial charge in [-0.05, 0) is 56.0 Å². The highest BCUT2D eigenvalue weighted by Crippen LogP contribution is 2.29. The van der Waals surface area contributed by atoms with E-state index in [2.05, 4.69) is 4.98 Å². The van der Waals surface area contributed by atoms with Crippen molar-refractivity contribution in [3.05, 3.63) is 123 Å². The van der Waals surface area contributed by atoms with Crippen molar-refractivity contribution in [3.8, 4) is 11.3 Å². The second kappa shape index (κ2) is 9.29. The van der Waals surface area contributed by atoms with E-state index in [1.807, 2.05) is 100 Å². The van der Waals surface area contributed by atoms with E-state index in [9.17, 15) is 9.59 Å². The predicted octanol–water partition coefficient (Wildman–Crippen LogP) is 6.12. The standard InChI is InChI=1S/C29H28N2O2/c1-19-12-10-16-25(22(19)4)31(18-23-13-6-5-7-14-23)29(33)27-26(32)17-21(3)30-28(27)24-15-9-8-11-20(24)2/h5-17H,18H2,1-4H3,(H,30,32). The summed E-state index contributed by atoms with van der Waals surface area (Å²) in [5.74, 6) is -0.313. The minimum Gasteiger partial charge on any atom is -0.358 e. The number of hydrogen-bond acceptors (Lipinski definition) is 2. The third-order valence-corrected chi connectivity index (χ3v) is 6.09. The number of nitrogens with one attached hydrogen (secondary N) is 1. The normalized spacial score (nSPS) is 10.8. The molecule has 0 fully saturated rings. The molecule has 0 unspecified atom stereocenters. The first-order valence-electron chi connectivity index (χ1n) is 11.1. The molecule has 1 N–H and O–H groups in total. The van der Waals surface area contributed by atoms with Crippen LogP contribution in [0.15, 0.2) is 83.7 Å². The molecule has 0 aliphatic rings. The van der Waals surface area contributed by atoms with Crippen LogP contribution < -0.4 is 10.3 Å². The number of pyridine rings is 1. The summed E-state index contributed by atoms with van der Waals surface area (Å²) in [7, 11) is 0. The second-order valence-electron chi connectivity index (χ2n) is 8.48. The molecule has 0 aliphatic heterocycles. The molecule has 166 valence electrons. The van der Waals surface area contributed by atoms with Crippen LogP contribution in [-0.2, 0) is 6.54 Å². The van der Waals surface area contributed by atoms with E-state index in [4.69, 9.17) is 0 Å². The van der Waals surface area contributed by atoms with Crippen LogP contribution in [0, 0.1) is 27.7 Å². The molecule has 0 aliphatic carbocycles. The summed E-state index contributed by atoms with van der Waals surface area (Å²) in [4.78, 5) is 32.4. The molecule has 4 nitrogen and oxygen atoms in total. The Kier molecular flexibility index (Phi) is 6.27. The van der Waals surface area contributed by atoms with Crippen LogP contribution >= 0.6 is 0 Å². The number of aromatic nitrogens is 1. The number of rotatable bonds is 5. The Balaban J connectivity index is 1.93. The molecule has 0 spiro atoms. The van der Waals surface area contributed by atoms with E-state index in [1.54, 1.807) is 4.90 Å². The number of hydrogen-bond donors (Lipinski definition) is 1. The van der Waals surface area contributed by atoms with Gasteiger partial charge in [-0.25, -0.2) is 0 Å². The van der Waals surface area contributed by atoms with Crippen molar-refractivity contribution in [3.63, 3.8) is 0 Å². The monoisotopic (exact) mass is 436 g/mol. The molecule has 0 bridgehead atoms. The molecule has 33 heavy (non-hydrogen) atoms. The average Bonchev–Trinajstić information content (AvgIpc) is 2.80. The molecule has 1 amide bonds. The fourth-order valence-corrected chi connectivity index (χ4v) is 4.15. The third kappa shape index (κ3) is 4.51. The highest BCUT2D eigenvalue weighted by molar-refractivity contribution is 6.10. The van der Waals surface area contributed by atoms with Crippen LogP contribution in [0.1, 0.15) is 38.3 Å². The number of benzene rings is 3. The highest BCUT2D eigenvalue weighted by Gasteiger charge is 2.26. The molecule has 4 aromatic rings. The van der Waals surface area contributed by atoms with Crippen LogP contribution in [-0.4, -0.2) is 10.9 Å². The van der Waals surface area contributed by atoms with Gasteiger partial charge in [0.2, 0.25) is 0 Å². The zero-order chi connectivity index (χ0) is 23.5. The first-order valence-corrected chi connectivity index (χ1v) is 11.1. The molecule has 0 radical (unpaired) electrons. The second-order valence-corrected chi connectivity index (χ2v) is 8.48. The van der Waals surface area contributed by atoms with Crippen molar-refractivity contribution < 1.29 is 4.79 Å². The van der Waals surface area contributed by atoms with Crippen molar-refractivity contribution in [2.75, 3.05) is 4.90 Å². The van der Waals surface area contributed by atoms with E-state index in [0.29, 0.717) is 12.2 Å². The summed E-state index contributed by atoms with van der Waals surface area (Å²) >= 11 is 0. The van der Waals surface area contributed by atoms with Crippen molar-refractivity contribution in [2.24, 2.45) is 0 Å². The number of carbonyl (C=O) groups is 1. The summed E-state index contributed by atoms with van der Waals surface area (Å²) in [5.41, 5.74) is 6.91. The Bertz CT molecular complexity index is 1370. The number of nitrogens with zero attached hydrogens (tertiary/aromatic N) is 1. The van der Waals surface area contributed by atoms with Gasteiger partial charge in [0, 0.05) is 23.0 Å². The van der Waals surface area contributed by atoms with Crippen LogP contribution in [0.25, 0.3) is 11.3 Å². The third-order valence-electron chi connectivity index (χ3n) is 6.09. The quantitative estimate of drug-likeness (QED) is 0.410. The SMILES string of the molecule is Cc1cc(=O)c(C(=O)N(Cc2ccccc2)c2cccc(C)c2C)c(-c2ccccc2C)[nH]1. The smallest absolute Gasteiger partial charge is 0.264 e. The minimum atomic E-state index is -0.313. The summed E-state index contributed by atoms with van der Waals surface area (Å²) in [6.07, 6.45) is 0. The van der Waals surface area contributed by atoms with Crippen molar-refractivity contribution in [2.45, 2.75) is 34.2 Å². The van der Waals surface area contributed by atoms with E-state index in [-0.39, 0.29) is 16.9 Å². The molecule has 0 saturated heterocycles. The van der Waals surface area contributed by atoms with Crippen LogP contribution in [0.4, 0.5) is 5.69 Å². The van der Waals surface area contributed by atoms with E-state index >= 15 is 0 Å². The average molecular weight is 437 g/mol. The van der Waals surface area contributed by atoms with Gasteiger partial charge in [-0.15, -0.1) is 0 Å². The van der Waals surface area contributed by atoms with Gasteiger partial charge in [-0.1, -0.05) is 66.7 Å². The Morgan fingerprint density at radius 1 is 0.818 bits per heavy atom. The number of carbonyl (C=O) groups excluding carboxylic acids is 1. The Labute approximate surface area is 194 Å². The molecule has 1 heterocycles. The number of anilines is 1. The molecule has 4 rings (SSSR count). The lowest BCUT2D eigenvalue weighted by Gasteiger charge is -2.26. The molecule has 3 aromatic carbocycles. The zero-order valence-corrected chi connectivity index (χ0v) is 19.5. The van der Waals surface area contributed by atoms with Crippen molar-refractivity contribution in [1.82, 2.24) is 4.98 Å². The van der Waals surface area contributed by atoms with E-state index in [1.165, 1.54) is 6.07 Å². The van der Waals surface area contributed by atoms with Gasteiger partial charge in [0.15, 0.2) is 5.43 Å². The number of H-pyrrole nitrogens is 1. The fraction of sp³-hybridized carbons (Fsp3) is 0.172. The number of aryl methyl sites for hydroxylation is 3. The topological polar surface area (TPSA) is 53.2 Å². The largest absolute Gasteiger partial charge is 0.358 e. The van der Waals surface area contributed by atoms with Crippen molar-refractivity contribution in [1.29, 1.82) is 0 Å². The summed E-state index contributed by atoms with van der Waals surface area (Å²) < 4.78 is 0. The number of amides is 1. The summed E-state index contributed by atoms with van der Waals surface area (Å²) in [6.45, 7) is 8.23. The lowest BCUT2D eigenvalue weighted by atomic mass is 9.98. The van der Waals surface area contributed by atoms with Crippen LogP contribution in [0.5, 0.6) is 0 Å². The molecular formula is C29H28N2O2. The van der Waals surface area contributed by atoms with Gasteiger partial charge in [-0.2, -0.15) is 0 Å². The molecule has 0 atom stereocenters. The van der Waals surface area contributed by atoms with Gasteiger partial charge in [-0.3, -0.25) is 9.59 Å². The lowest BCUT2D eigenvalue weighted by Crippen LogP contribution is -2.35. The minimum absolute atomic E-state index is 0.159. The molecule has 1 aromatic heterocycles. The maximum Gasteiger partial charge on any atom is 0.264 e. The first-order chi connectivity index (χ1) is 15.9. The molecule has 4 heteroatoms. The highest BCUT2D eigenvalue weighted by atomic mass is 16.2. The zero-order valence-electron chi connectivity index (χ0n) is 19.5. The van der Waals surface area contributed by atoms with E-state index < -0.39 is 0 Å². The Morgan fingerprint density at radius 3 is 2.21 bits per heavy atom. The van der Waals surface area contributed by atoms with Gasteiger partial charge in [0.1, 0.15) is 5.56 Å². The van der Waals surface area contributed by atoms with Gasteiger partial charge in [0.25, 0.3) is 5.91 Å². The summed E-state index contributed by atoms with van der Waals surface area (Å²) in [6, 6.07) is 25.1. The van der Waals surface area contributed by atoms with Crippen LogP contribution in [0.3, 0.4) is 0 Å². The molecular weight excluding hydrogens is 408 g/mol. The lowest BCUT2D eigenvalue weighted by molar-refractivity contribution is 0.0984. The van der Waals surface area contributed by atoms with Gasteiger partial charge >= 0.3 is 0 Å². The maximum absolute atomic E-state index is 14.2.